The fourth-order valence-electron chi connectivity index (χ4n) is 1.75. The van der Waals surface area contributed by atoms with Crippen molar-refractivity contribution in [2.24, 2.45) is 0 Å². The average molecular weight is 223 g/mol. The van der Waals surface area contributed by atoms with Gasteiger partial charge in [-0.15, -0.1) is 0 Å². The van der Waals surface area contributed by atoms with Gasteiger partial charge in [-0.1, -0.05) is 20.8 Å². The third-order valence-corrected chi connectivity index (χ3v) is 3.03. The Kier molecular flexibility index (Phi) is 2.93. The van der Waals surface area contributed by atoms with Gasteiger partial charge in [-0.05, 0) is 7.05 Å². The van der Waals surface area contributed by atoms with Gasteiger partial charge in [-0.3, -0.25) is 0 Å². The van der Waals surface area contributed by atoms with E-state index in [1.165, 1.54) is 0 Å². The van der Waals surface area contributed by atoms with Gasteiger partial charge in [0.15, 0.2) is 0 Å². The number of hydrogen-bond acceptors (Lipinski definition) is 4. The second-order valence-corrected chi connectivity index (χ2v) is 5.56. The molecule has 1 saturated heterocycles. The molecule has 1 fully saturated rings. The lowest BCUT2D eigenvalue weighted by Crippen LogP contribution is -2.44. The first kappa shape index (κ1) is 11.5. The predicted octanol–water partition coefficient (Wildman–Crippen LogP) is 1.72. The Bertz CT molecular complexity index is 345. The van der Waals surface area contributed by atoms with E-state index in [0.29, 0.717) is 0 Å². The van der Waals surface area contributed by atoms with E-state index in [1.54, 1.807) is 6.26 Å². The van der Waals surface area contributed by atoms with Crippen molar-refractivity contribution in [2.45, 2.75) is 26.2 Å². The van der Waals surface area contributed by atoms with Crippen LogP contribution in [-0.2, 0) is 5.41 Å². The first-order chi connectivity index (χ1) is 7.47. The van der Waals surface area contributed by atoms with Crippen LogP contribution < -0.4 is 4.90 Å². The van der Waals surface area contributed by atoms with Crippen LogP contribution in [-0.4, -0.2) is 43.1 Å². The molecular weight excluding hydrogens is 202 g/mol. The maximum Gasteiger partial charge on any atom is 0.297 e. The molecule has 2 heterocycles. The monoisotopic (exact) mass is 223 g/mol. The zero-order chi connectivity index (χ0) is 11.8. The summed E-state index contributed by atoms with van der Waals surface area (Å²) in [5, 5.41) is 0. The molecule has 16 heavy (non-hydrogen) atoms. The molecule has 0 unspecified atom stereocenters. The molecule has 0 bridgehead atoms. The molecule has 90 valence electrons. The van der Waals surface area contributed by atoms with Crippen molar-refractivity contribution in [1.82, 2.24) is 9.88 Å². The Hall–Kier alpha value is -1.03. The normalized spacial score (nSPS) is 19.1. The van der Waals surface area contributed by atoms with Gasteiger partial charge in [-0.25, -0.2) is 0 Å². The van der Waals surface area contributed by atoms with E-state index in [2.05, 4.69) is 42.6 Å². The lowest BCUT2D eigenvalue weighted by atomic mass is 9.93. The fourth-order valence-corrected chi connectivity index (χ4v) is 1.75. The number of anilines is 1. The third kappa shape index (κ3) is 2.38. The van der Waals surface area contributed by atoms with E-state index < -0.39 is 0 Å². The van der Waals surface area contributed by atoms with Crippen molar-refractivity contribution in [3.63, 3.8) is 0 Å². The average Bonchev–Trinajstić information content (AvgIpc) is 2.67. The Balaban J connectivity index is 2.08. The van der Waals surface area contributed by atoms with Crippen LogP contribution in [0, 0.1) is 0 Å². The molecule has 4 heteroatoms. The summed E-state index contributed by atoms with van der Waals surface area (Å²) in [5.41, 5.74) is 1.09. The number of piperazine rings is 1. The maximum absolute atomic E-state index is 5.56. The molecule has 1 aliphatic rings. The highest BCUT2D eigenvalue weighted by molar-refractivity contribution is 5.29. The largest absolute Gasteiger partial charge is 0.432 e. The summed E-state index contributed by atoms with van der Waals surface area (Å²) in [6.07, 6.45) is 1.79. The fraction of sp³-hybridized carbons (Fsp3) is 0.750. The van der Waals surface area contributed by atoms with E-state index in [1.807, 2.05) is 0 Å². The van der Waals surface area contributed by atoms with Crippen LogP contribution in [0.2, 0.25) is 0 Å². The lowest BCUT2D eigenvalue weighted by molar-refractivity contribution is 0.305. The second kappa shape index (κ2) is 4.09. The van der Waals surface area contributed by atoms with Gasteiger partial charge >= 0.3 is 0 Å². The Labute approximate surface area is 97.2 Å². The quantitative estimate of drug-likeness (QED) is 0.726. The molecule has 0 radical (unpaired) electrons. The predicted molar refractivity (Wildman–Crippen MR) is 64.9 cm³/mol. The van der Waals surface area contributed by atoms with Gasteiger partial charge in [0, 0.05) is 31.6 Å². The van der Waals surface area contributed by atoms with Crippen LogP contribution >= 0.6 is 0 Å². The van der Waals surface area contributed by atoms with Crippen molar-refractivity contribution >= 4 is 6.01 Å². The highest BCUT2D eigenvalue weighted by Crippen LogP contribution is 2.24. The van der Waals surface area contributed by atoms with Gasteiger partial charge in [0.2, 0.25) is 0 Å². The minimum atomic E-state index is 0.0638. The Morgan fingerprint density at radius 2 is 1.81 bits per heavy atom. The summed E-state index contributed by atoms with van der Waals surface area (Å²) >= 11 is 0. The van der Waals surface area contributed by atoms with E-state index in [9.17, 15) is 0 Å². The number of nitrogens with zero attached hydrogens (tertiary/aromatic N) is 3. The summed E-state index contributed by atoms with van der Waals surface area (Å²) in [6, 6.07) is 0.776. The Morgan fingerprint density at radius 1 is 1.19 bits per heavy atom. The molecule has 0 saturated carbocycles. The number of oxazole rings is 1. The van der Waals surface area contributed by atoms with Crippen LogP contribution in [0.15, 0.2) is 10.7 Å². The zero-order valence-electron chi connectivity index (χ0n) is 10.7. The highest BCUT2D eigenvalue weighted by atomic mass is 16.4. The SMILES string of the molecule is CN1CCN(c2nc(C(C)(C)C)co2)CC1. The molecule has 0 amide bonds. The zero-order valence-corrected chi connectivity index (χ0v) is 10.7. The topological polar surface area (TPSA) is 32.5 Å². The van der Waals surface area contributed by atoms with Crippen LogP contribution in [0.25, 0.3) is 0 Å². The second-order valence-electron chi connectivity index (χ2n) is 5.56. The summed E-state index contributed by atoms with van der Waals surface area (Å²) in [4.78, 5) is 9.11. The van der Waals surface area contributed by atoms with Crippen LogP contribution in [0.1, 0.15) is 26.5 Å². The molecule has 1 aromatic heterocycles. The molecule has 0 aromatic carbocycles. The van der Waals surface area contributed by atoms with Gasteiger partial charge in [0.25, 0.3) is 6.01 Å². The molecule has 0 atom stereocenters. The molecule has 1 aromatic rings. The van der Waals surface area contributed by atoms with Crippen molar-refractivity contribution in [3.8, 4) is 0 Å². The van der Waals surface area contributed by atoms with Crippen LogP contribution in [0.3, 0.4) is 0 Å². The standard InChI is InChI=1S/C12H21N3O/c1-12(2,3)10-9-16-11(13-10)15-7-5-14(4)6-8-15/h9H,5-8H2,1-4H3. The van der Waals surface area contributed by atoms with E-state index in [-0.39, 0.29) is 5.41 Å². The smallest absolute Gasteiger partial charge is 0.297 e. The molecule has 0 aliphatic carbocycles. The van der Waals surface area contributed by atoms with Crippen LogP contribution in [0.5, 0.6) is 0 Å². The molecule has 1 aliphatic heterocycles. The molecular formula is C12H21N3O. The van der Waals surface area contributed by atoms with E-state index >= 15 is 0 Å². The molecule has 0 N–H and O–H groups in total. The van der Waals surface area contributed by atoms with E-state index in [4.69, 9.17) is 4.42 Å². The summed E-state index contributed by atoms with van der Waals surface area (Å²) < 4.78 is 5.56. The Morgan fingerprint density at radius 3 is 2.31 bits per heavy atom. The van der Waals surface area contributed by atoms with Crippen LogP contribution in [0.4, 0.5) is 6.01 Å². The van der Waals surface area contributed by atoms with Crippen molar-refractivity contribution in [3.05, 3.63) is 12.0 Å². The highest BCUT2D eigenvalue weighted by Gasteiger charge is 2.22. The molecule has 4 nitrogen and oxygen atoms in total. The summed E-state index contributed by atoms with van der Waals surface area (Å²) in [7, 11) is 2.15. The number of aromatic nitrogens is 1. The van der Waals surface area contributed by atoms with Gasteiger partial charge in [0.1, 0.15) is 6.26 Å². The minimum absolute atomic E-state index is 0.0638. The first-order valence-corrected chi connectivity index (χ1v) is 5.86. The van der Waals surface area contributed by atoms with Gasteiger partial charge < -0.3 is 14.2 Å². The van der Waals surface area contributed by atoms with Crippen molar-refractivity contribution < 1.29 is 4.42 Å². The molecule has 0 spiro atoms. The third-order valence-electron chi connectivity index (χ3n) is 3.03. The number of rotatable bonds is 1. The molecule has 2 rings (SSSR count). The number of likely N-dealkylation sites (N-methyl/N-ethyl adjacent to an activating group) is 1. The summed E-state index contributed by atoms with van der Waals surface area (Å²) in [5.74, 6) is 0. The maximum atomic E-state index is 5.56. The van der Waals surface area contributed by atoms with Crippen molar-refractivity contribution in [1.29, 1.82) is 0 Å². The first-order valence-electron chi connectivity index (χ1n) is 5.86. The summed E-state index contributed by atoms with van der Waals surface area (Å²) in [6.45, 7) is 10.6. The number of hydrogen-bond donors (Lipinski definition) is 0. The lowest BCUT2D eigenvalue weighted by Gasteiger charge is -2.31. The van der Waals surface area contributed by atoms with Gasteiger partial charge in [0.05, 0.1) is 5.69 Å². The van der Waals surface area contributed by atoms with E-state index in [0.717, 1.165) is 37.9 Å². The van der Waals surface area contributed by atoms with Crippen molar-refractivity contribution in [2.75, 3.05) is 38.1 Å². The van der Waals surface area contributed by atoms with Gasteiger partial charge in [-0.2, -0.15) is 4.98 Å². The minimum Gasteiger partial charge on any atom is -0.432 e.